The van der Waals surface area contributed by atoms with Crippen LogP contribution in [0.5, 0.6) is 0 Å². The van der Waals surface area contributed by atoms with Gasteiger partial charge in [0.2, 0.25) is 0 Å². The number of rotatable bonds is 5. The summed E-state index contributed by atoms with van der Waals surface area (Å²) in [5.74, 6) is -0.684. The van der Waals surface area contributed by atoms with Crippen LogP contribution in [0.3, 0.4) is 0 Å². The van der Waals surface area contributed by atoms with Crippen molar-refractivity contribution >= 4 is 17.1 Å². The Morgan fingerprint density at radius 3 is 2.94 bits per heavy atom. The van der Waals surface area contributed by atoms with Crippen LogP contribution in [0.4, 0.5) is 14.5 Å². The molecule has 168 valence electrons. The van der Waals surface area contributed by atoms with E-state index < -0.39 is 11.6 Å². The molecule has 4 heterocycles. The molecule has 0 aliphatic carbocycles. The van der Waals surface area contributed by atoms with Gasteiger partial charge < -0.3 is 15.0 Å². The topological polar surface area (TPSA) is 58.9 Å². The Morgan fingerprint density at radius 2 is 2.09 bits per heavy atom. The van der Waals surface area contributed by atoms with Crippen molar-refractivity contribution in [3.63, 3.8) is 0 Å². The highest BCUT2D eigenvalue weighted by Crippen LogP contribution is 2.38. The average Bonchev–Trinajstić information content (AvgIpc) is 3.46. The molecule has 8 heteroatoms. The van der Waals surface area contributed by atoms with Gasteiger partial charge in [-0.25, -0.2) is 13.3 Å². The Kier molecular flexibility index (Phi) is 5.78. The number of fused-ring (bicyclic) bond motifs is 1. The molecular formula is C24H26F2N4O2. The number of hydrogen-bond donors (Lipinski definition) is 1. The number of amides is 1. The summed E-state index contributed by atoms with van der Waals surface area (Å²) >= 11 is 0. The highest BCUT2D eigenvalue weighted by atomic mass is 19.1. The standard InChI is InChI=1S/C24H26F2N4O2/c25-17-5-6-21(26)19(11-17)22-4-1-8-29(22)18-7-9-30-23(12-18)20(14-28-30)24(31)27-13-16-3-2-10-32-15-16/h5-7,9,11-12,14,16,22H,1-4,8,10,13,15H2,(H,27,31)/t16?,22-/m1/s1. The number of nitrogens with one attached hydrogen (secondary N) is 1. The Morgan fingerprint density at radius 1 is 1.19 bits per heavy atom. The van der Waals surface area contributed by atoms with Gasteiger partial charge in [-0.3, -0.25) is 4.79 Å². The second kappa shape index (κ2) is 8.86. The van der Waals surface area contributed by atoms with Crippen LogP contribution in [0, 0.1) is 17.6 Å². The molecule has 0 radical (unpaired) electrons. The maximum Gasteiger partial charge on any atom is 0.255 e. The van der Waals surface area contributed by atoms with Crippen LogP contribution in [-0.2, 0) is 4.74 Å². The zero-order valence-electron chi connectivity index (χ0n) is 17.8. The molecule has 2 saturated heterocycles. The van der Waals surface area contributed by atoms with Crippen LogP contribution in [0.15, 0.2) is 42.7 Å². The highest BCUT2D eigenvalue weighted by molar-refractivity contribution is 6.01. The minimum Gasteiger partial charge on any atom is -0.381 e. The molecule has 3 aromatic rings. The molecule has 32 heavy (non-hydrogen) atoms. The zero-order chi connectivity index (χ0) is 22.1. The first-order chi connectivity index (χ1) is 15.6. The molecular weight excluding hydrogens is 414 g/mol. The van der Waals surface area contributed by atoms with Crippen molar-refractivity contribution in [3.8, 4) is 0 Å². The summed E-state index contributed by atoms with van der Waals surface area (Å²) in [7, 11) is 0. The summed E-state index contributed by atoms with van der Waals surface area (Å²) in [5.41, 5.74) is 2.41. The van der Waals surface area contributed by atoms with Gasteiger partial charge in [-0.1, -0.05) is 0 Å². The molecule has 1 aromatic carbocycles. The number of anilines is 1. The second-order valence-electron chi connectivity index (χ2n) is 8.58. The minimum atomic E-state index is -0.443. The van der Waals surface area contributed by atoms with E-state index in [0.29, 0.717) is 35.7 Å². The summed E-state index contributed by atoms with van der Waals surface area (Å²) in [6.45, 7) is 2.77. The van der Waals surface area contributed by atoms with E-state index in [1.807, 2.05) is 12.1 Å². The number of halogens is 2. The molecule has 0 spiro atoms. The summed E-state index contributed by atoms with van der Waals surface area (Å²) < 4.78 is 35.4. The Balaban J connectivity index is 1.39. The fourth-order valence-corrected chi connectivity index (χ4v) is 4.79. The molecule has 2 atom stereocenters. The van der Waals surface area contributed by atoms with E-state index in [0.717, 1.165) is 50.6 Å². The van der Waals surface area contributed by atoms with Gasteiger partial charge >= 0.3 is 0 Å². The van der Waals surface area contributed by atoms with Crippen LogP contribution in [0.25, 0.3) is 5.52 Å². The van der Waals surface area contributed by atoms with Gasteiger partial charge in [-0.15, -0.1) is 0 Å². The fourth-order valence-electron chi connectivity index (χ4n) is 4.79. The van der Waals surface area contributed by atoms with Gasteiger partial charge in [0, 0.05) is 37.1 Å². The average molecular weight is 440 g/mol. The molecule has 2 fully saturated rings. The van der Waals surface area contributed by atoms with Crippen molar-refractivity contribution in [1.29, 1.82) is 0 Å². The first-order valence-electron chi connectivity index (χ1n) is 11.1. The minimum absolute atomic E-state index is 0.170. The van der Waals surface area contributed by atoms with Gasteiger partial charge in [0.05, 0.1) is 29.9 Å². The van der Waals surface area contributed by atoms with Crippen LogP contribution >= 0.6 is 0 Å². The summed E-state index contributed by atoms with van der Waals surface area (Å²) in [5, 5.41) is 7.32. The first-order valence-corrected chi connectivity index (χ1v) is 11.1. The summed E-state index contributed by atoms with van der Waals surface area (Å²) in [6.07, 6.45) is 7.05. The van der Waals surface area contributed by atoms with E-state index >= 15 is 0 Å². The van der Waals surface area contributed by atoms with E-state index in [1.54, 1.807) is 16.9 Å². The molecule has 0 bridgehead atoms. The number of pyridine rings is 1. The SMILES string of the molecule is O=C(NCC1CCCOC1)c1cnn2ccc(N3CCC[C@@H]3c3cc(F)ccc3F)cc12. The third-order valence-electron chi connectivity index (χ3n) is 6.46. The van der Waals surface area contributed by atoms with Crippen molar-refractivity contribution in [3.05, 3.63) is 65.5 Å². The molecule has 1 N–H and O–H groups in total. The van der Waals surface area contributed by atoms with Crippen molar-refractivity contribution in [2.24, 2.45) is 5.92 Å². The number of hydrogen-bond acceptors (Lipinski definition) is 4. The number of aromatic nitrogens is 2. The van der Waals surface area contributed by atoms with Crippen molar-refractivity contribution in [1.82, 2.24) is 14.9 Å². The second-order valence-corrected chi connectivity index (χ2v) is 8.58. The third kappa shape index (κ3) is 4.07. The smallest absolute Gasteiger partial charge is 0.255 e. The van der Waals surface area contributed by atoms with Gasteiger partial charge in [0.1, 0.15) is 11.6 Å². The largest absolute Gasteiger partial charge is 0.381 e. The highest BCUT2D eigenvalue weighted by Gasteiger charge is 2.29. The molecule has 2 aliphatic heterocycles. The van der Waals surface area contributed by atoms with E-state index in [-0.39, 0.29) is 11.9 Å². The maximum absolute atomic E-state index is 14.5. The van der Waals surface area contributed by atoms with Crippen LogP contribution in [-0.4, -0.2) is 41.8 Å². The number of ether oxygens (including phenoxy) is 1. The molecule has 0 saturated carbocycles. The number of carbonyl (C=O) groups is 1. The lowest BCUT2D eigenvalue weighted by Gasteiger charge is -2.27. The number of benzene rings is 1. The predicted molar refractivity (Wildman–Crippen MR) is 117 cm³/mol. The van der Waals surface area contributed by atoms with Crippen molar-refractivity contribution < 1.29 is 18.3 Å². The lowest BCUT2D eigenvalue weighted by Crippen LogP contribution is -2.33. The number of nitrogens with zero attached hydrogens (tertiary/aromatic N) is 3. The molecule has 5 rings (SSSR count). The fraction of sp³-hybridized carbons (Fsp3) is 0.417. The van der Waals surface area contributed by atoms with E-state index in [2.05, 4.69) is 15.3 Å². The van der Waals surface area contributed by atoms with Crippen LogP contribution in [0.2, 0.25) is 0 Å². The number of carbonyl (C=O) groups excluding carboxylic acids is 1. The summed E-state index contributed by atoms with van der Waals surface area (Å²) in [4.78, 5) is 14.9. The molecule has 2 aromatic heterocycles. The zero-order valence-corrected chi connectivity index (χ0v) is 17.8. The Hall–Kier alpha value is -3.00. The Labute approximate surface area is 185 Å². The molecule has 1 unspecified atom stereocenters. The molecule has 2 aliphatic rings. The van der Waals surface area contributed by atoms with Crippen molar-refractivity contribution in [2.75, 3.05) is 31.2 Å². The molecule has 6 nitrogen and oxygen atoms in total. The van der Waals surface area contributed by atoms with Gasteiger partial charge in [-0.05, 0) is 61.9 Å². The third-order valence-corrected chi connectivity index (χ3v) is 6.46. The van der Waals surface area contributed by atoms with E-state index in [4.69, 9.17) is 4.74 Å². The van der Waals surface area contributed by atoms with E-state index in [9.17, 15) is 13.6 Å². The van der Waals surface area contributed by atoms with Gasteiger partial charge in [0.25, 0.3) is 5.91 Å². The van der Waals surface area contributed by atoms with Crippen LogP contribution < -0.4 is 10.2 Å². The van der Waals surface area contributed by atoms with E-state index in [1.165, 1.54) is 12.1 Å². The lowest BCUT2D eigenvalue weighted by molar-refractivity contribution is 0.0536. The first kappa shape index (κ1) is 20.9. The van der Waals surface area contributed by atoms with Crippen molar-refractivity contribution in [2.45, 2.75) is 31.7 Å². The maximum atomic E-state index is 14.5. The molecule has 1 amide bonds. The monoisotopic (exact) mass is 440 g/mol. The van der Waals surface area contributed by atoms with Gasteiger partial charge in [0.15, 0.2) is 0 Å². The lowest BCUT2D eigenvalue weighted by atomic mass is 10.0. The quantitative estimate of drug-likeness (QED) is 0.649. The normalized spacial score (nSPS) is 21.2. The predicted octanol–water partition coefficient (Wildman–Crippen LogP) is 4.11. The van der Waals surface area contributed by atoms with Crippen LogP contribution in [0.1, 0.15) is 47.6 Å². The summed E-state index contributed by atoms with van der Waals surface area (Å²) in [6, 6.07) is 7.16. The Bertz CT molecular complexity index is 1130. The van der Waals surface area contributed by atoms with Gasteiger partial charge in [-0.2, -0.15) is 5.10 Å².